The van der Waals surface area contributed by atoms with Gasteiger partial charge in [-0.2, -0.15) is 0 Å². The van der Waals surface area contributed by atoms with Crippen molar-refractivity contribution in [2.75, 3.05) is 34.9 Å². The minimum absolute atomic E-state index is 0.191. The molecule has 6 nitrogen and oxygen atoms in total. The molecular weight excluding hydrogens is 354 g/mol. The molecule has 0 aliphatic carbocycles. The van der Waals surface area contributed by atoms with Gasteiger partial charge in [-0.3, -0.25) is 4.99 Å². The molecule has 2 aromatic carbocycles. The van der Waals surface area contributed by atoms with Gasteiger partial charge < -0.3 is 24.4 Å². The fourth-order valence-corrected chi connectivity index (χ4v) is 2.79. The average molecular weight is 381 g/mol. The molecule has 2 aromatic rings. The molecule has 0 spiro atoms. The lowest BCUT2D eigenvalue weighted by molar-refractivity contribution is 0.330. The van der Waals surface area contributed by atoms with E-state index in [0.717, 1.165) is 22.8 Å². The summed E-state index contributed by atoms with van der Waals surface area (Å²) >= 11 is 0. The second kappa shape index (κ2) is 10.7. The standard InChI is InChI=1S/C22H27N3O3/c1-6-13-28-21-14-17(11-12-20(21)27-5)15-24-22(23-2)25(3)16-18-9-7-8-10-19(18)26-4/h1,7-12,14H,13,15-16H2,2-5H3,(H,23,24). The van der Waals surface area contributed by atoms with E-state index >= 15 is 0 Å². The summed E-state index contributed by atoms with van der Waals surface area (Å²) in [5, 5.41) is 3.36. The van der Waals surface area contributed by atoms with Crippen molar-refractivity contribution in [1.82, 2.24) is 10.2 Å². The molecule has 0 radical (unpaired) electrons. The van der Waals surface area contributed by atoms with Crippen LogP contribution in [0.2, 0.25) is 0 Å². The van der Waals surface area contributed by atoms with Gasteiger partial charge in [0.15, 0.2) is 17.5 Å². The van der Waals surface area contributed by atoms with Crippen LogP contribution in [0.4, 0.5) is 0 Å². The summed E-state index contributed by atoms with van der Waals surface area (Å²) in [7, 11) is 7.02. The molecule has 0 saturated heterocycles. The third kappa shape index (κ3) is 5.58. The maximum absolute atomic E-state index is 5.56. The Morgan fingerprint density at radius 3 is 2.54 bits per heavy atom. The SMILES string of the molecule is C#CCOc1cc(CNC(=NC)N(C)Cc2ccccc2OC)ccc1OC. The molecule has 148 valence electrons. The number of methoxy groups -OCH3 is 2. The van der Waals surface area contributed by atoms with Crippen molar-refractivity contribution in [3.63, 3.8) is 0 Å². The zero-order valence-corrected chi connectivity index (χ0v) is 16.9. The van der Waals surface area contributed by atoms with Gasteiger partial charge in [0.1, 0.15) is 12.4 Å². The summed E-state index contributed by atoms with van der Waals surface area (Å²) in [6.07, 6.45) is 5.28. The van der Waals surface area contributed by atoms with Crippen molar-refractivity contribution in [2.24, 2.45) is 4.99 Å². The van der Waals surface area contributed by atoms with Crippen molar-refractivity contribution in [1.29, 1.82) is 0 Å². The Morgan fingerprint density at radius 1 is 1.11 bits per heavy atom. The van der Waals surface area contributed by atoms with Crippen LogP contribution in [0.3, 0.4) is 0 Å². The maximum Gasteiger partial charge on any atom is 0.193 e. The monoisotopic (exact) mass is 381 g/mol. The Morgan fingerprint density at radius 2 is 1.86 bits per heavy atom. The predicted octanol–water partition coefficient (Wildman–Crippen LogP) is 2.92. The van der Waals surface area contributed by atoms with E-state index in [1.165, 1.54) is 0 Å². The zero-order valence-electron chi connectivity index (χ0n) is 16.9. The number of ether oxygens (including phenoxy) is 3. The number of hydrogen-bond acceptors (Lipinski definition) is 4. The van der Waals surface area contributed by atoms with Crippen molar-refractivity contribution in [3.05, 3.63) is 53.6 Å². The Labute approximate surface area is 167 Å². The van der Waals surface area contributed by atoms with Gasteiger partial charge >= 0.3 is 0 Å². The number of para-hydroxylation sites is 1. The Balaban J connectivity index is 2.04. The highest BCUT2D eigenvalue weighted by Gasteiger charge is 2.11. The van der Waals surface area contributed by atoms with E-state index in [4.69, 9.17) is 20.6 Å². The van der Waals surface area contributed by atoms with Gasteiger partial charge in [0.2, 0.25) is 0 Å². The molecular formula is C22H27N3O3. The highest BCUT2D eigenvalue weighted by Crippen LogP contribution is 2.28. The van der Waals surface area contributed by atoms with Crippen LogP contribution in [0.25, 0.3) is 0 Å². The third-order valence-electron chi connectivity index (χ3n) is 4.16. The molecule has 0 atom stereocenters. The summed E-state index contributed by atoms with van der Waals surface area (Å²) in [4.78, 5) is 6.41. The van der Waals surface area contributed by atoms with Crippen molar-refractivity contribution in [3.8, 4) is 29.6 Å². The van der Waals surface area contributed by atoms with Crippen LogP contribution in [0, 0.1) is 12.3 Å². The number of guanidine groups is 1. The number of hydrogen-bond donors (Lipinski definition) is 1. The highest BCUT2D eigenvalue weighted by atomic mass is 16.5. The predicted molar refractivity (Wildman–Crippen MR) is 112 cm³/mol. The summed E-state index contributed by atoms with van der Waals surface area (Å²) in [6.45, 7) is 1.44. The third-order valence-corrected chi connectivity index (χ3v) is 4.16. The van der Waals surface area contributed by atoms with Gasteiger partial charge in [0.25, 0.3) is 0 Å². The van der Waals surface area contributed by atoms with E-state index in [2.05, 4.69) is 16.2 Å². The average Bonchev–Trinajstić information content (AvgIpc) is 2.73. The number of terminal acetylenes is 1. The van der Waals surface area contributed by atoms with E-state index in [9.17, 15) is 0 Å². The zero-order chi connectivity index (χ0) is 20.4. The lowest BCUT2D eigenvalue weighted by Crippen LogP contribution is -2.38. The minimum atomic E-state index is 0.191. The summed E-state index contributed by atoms with van der Waals surface area (Å²) in [5.41, 5.74) is 2.12. The van der Waals surface area contributed by atoms with E-state index in [1.54, 1.807) is 21.3 Å². The fraction of sp³-hybridized carbons (Fsp3) is 0.318. The first kappa shape index (κ1) is 21.0. The van der Waals surface area contributed by atoms with E-state index in [1.807, 2.05) is 54.4 Å². The molecule has 0 amide bonds. The lowest BCUT2D eigenvalue weighted by atomic mass is 10.2. The summed E-state index contributed by atoms with van der Waals surface area (Å²) in [5.74, 6) is 5.36. The van der Waals surface area contributed by atoms with Gasteiger partial charge in [-0.1, -0.05) is 30.2 Å². The quantitative estimate of drug-likeness (QED) is 0.433. The smallest absolute Gasteiger partial charge is 0.193 e. The molecule has 1 N–H and O–H groups in total. The molecule has 2 rings (SSSR count). The molecule has 0 bridgehead atoms. The Bertz CT molecular complexity index is 843. The van der Waals surface area contributed by atoms with Crippen LogP contribution in [0.15, 0.2) is 47.5 Å². The van der Waals surface area contributed by atoms with Crippen molar-refractivity contribution in [2.45, 2.75) is 13.1 Å². The second-order valence-electron chi connectivity index (χ2n) is 6.05. The maximum atomic E-state index is 5.56. The van der Waals surface area contributed by atoms with E-state index in [-0.39, 0.29) is 6.61 Å². The van der Waals surface area contributed by atoms with Crippen LogP contribution >= 0.6 is 0 Å². The molecule has 0 saturated carbocycles. The Hall–Kier alpha value is -3.33. The van der Waals surface area contributed by atoms with Gasteiger partial charge in [0.05, 0.1) is 14.2 Å². The van der Waals surface area contributed by atoms with Crippen molar-refractivity contribution >= 4 is 5.96 Å². The van der Waals surface area contributed by atoms with E-state index < -0.39 is 0 Å². The largest absolute Gasteiger partial charge is 0.496 e. The van der Waals surface area contributed by atoms with Crippen LogP contribution < -0.4 is 19.5 Å². The molecule has 6 heteroatoms. The lowest BCUT2D eigenvalue weighted by Gasteiger charge is -2.23. The van der Waals surface area contributed by atoms with Crippen LogP contribution in [-0.2, 0) is 13.1 Å². The first-order valence-electron chi connectivity index (χ1n) is 8.89. The van der Waals surface area contributed by atoms with Crippen LogP contribution in [0.1, 0.15) is 11.1 Å². The molecule has 0 unspecified atom stereocenters. The van der Waals surface area contributed by atoms with Gasteiger partial charge in [-0.05, 0) is 23.8 Å². The number of aliphatic imine (C=N–C) groups is 1. The first-order chi connectivity index (χ1) is 13.6. The molecule has 0 fully saturated rings. The van der Waals surface area contributed by atoms with E-state index in [0.29, 0.717) is 24.6 Å². The van der Waals surface area contributed by atoms with Crippen LogP contribution in [0.5, 0.6) is 17.2 Å². The molecule has 0 aliphatic heterocycles. The second-order valence-corrected chi connectivity index (χ2v) is 6.05. The number of nitrogens with one attached hydrogen (secondary N) is 1. The number of benzene rings is 2. The summed E-state index contributed by atoms with van der Waals surface area (Å²) < 4.78 is 16.3. The molecule has 0 aliphatic rings. The first-order valence-corrected chi connectivity index (χ1v) is 8.89. The number of nitrogens with zero attached hydrogens (tertiary/aromatic N) is 2. The van der Waals surface area contributed by atoms with Gasteiger partial charge in [0, 0.05) is 32.7 Å². The topological polar surface area (TPSA) is 55.3 Å². The van der Waals surface area contributed by atoms with Gasteiger partial charge in [-0.25, -0.2) is 0 Å². The number of rotatable bonds is 8. The normalized spacial score (nSPS) is 10.8. The van der Waals surface area contributed by atoms with Crippen LogP contribution in [-0.4, -0.2) is 45.8 Å². The molecule has 0 aromatic heterocycles. The fourth-order valence-electron chi connectivity index (χ4n) is 2.79. The molecule has 28 heavy (non-hydrogen) atoms. The minimum Gasteiger partial charge on any atom is -0.496 e. The Kier molecular flexibility index (Phi) is 8.04. The molecule has 0 heterocycles. The highest BCUT2D eigenvalue weighted by molar-refractivity contribution is 5.79. The van der Waals surface area contributed by atoms with Crippen molar-refractivity contribution < 1.29 is 14.2 Å². The summed E-state index contributed by atoms with van der Waals surface area (Å²) in [6, 6.07) is 13.7. The van der Waals surface area contributed by atoms with Gasteiger partial charge in [-0.15, -0.1) is 6.42 Å².